The van der Waals surface area contributed by atoms with E-state index < -0.39 is 0 Å². The number of benzene rings is 2. The molecule has 2 aromatic carbocycles. The Bertz CT molecular complexity index is 993. The summed E-state index contributed by atoms with van der Waals surface area (Å²) in [5.74, 6) is 0.583. The Balaban J connectivity index is 1.51. The third-order valence-electron chi connectivity index (χ3n) is 5.22. The number of hydrogen-bond donors (Lipinski definition) is 1. The van der Waals surface area contributed by atoms with Crippen LogP contribution in [0.4, 0.5) is 0 Å². The van der Waals surface area contributed by atoms with Gasteiger partial charge in [-0.3, -0.25) is 4.79 Å². The number of amides is 1. The molecule has 3 aromatic rings. The summed E-state index contributed by atoms with van der Waals surface area (Å²) in [6.45, 7) is 4.68. The fourth-order valence-electron chi connectivity index (χ4n) is 3.36. The van der Waals surface area contributed by atoms with Crippen molar-refractivity contribution >= 4 is 5.91 Å². The fraction of sp³-hybridized carbons (Fsp3) is 0.292. The Morgan fingerprint density at radius 3 is 2.41 bits per heavy atom. The summed E-state index contributed by atoms with van der Waals surface area (Å²) in [4.78, 5) is 15.0. The van der Waals surface area contributed by atoms with Gasteiger partial charge in [0, 0.05) is 23.7 Å². The van der Waals surface area contributed by atoms with Crippen molar-refractivity contribution in [2.45, 2.75) is 45.2 Å². The first-order valence-electron chi connectivity index (χ1n) is 10.0. The maximum atomic E-state index is 13.1. The van der Waals surface area contributed by atoms with Crippen LogP contribution in [-0.4, -0.2) is 32.2 Å². The summed E-state index contributed by atoms with van der Waals surface area (Å²) in [7, 11) is 0. The number of carbonyl (C=O) groups is 1. The second-order valence-electron chi connectivity index (χ2n) is 7.91. The zero-order chi connectivity index (χ0) is 20.4. The van der Waals surface area contributed by atoms with Crippen LogP contribution in [0.25, 0.3) is 11.3 Å². The Hall–Kier alpha value is -3.21. The molecule has 0 spiro atoms. The molecule has 148 valence electrons. The van der Waals surface area contributed by atoms with Crippen molar-refractivity contribution < 1.29 is 9.90 Å². The smallest absolute Gasteiger partial charge is 0.254 e. The molecule has 0 saturated heterocycles. The molecule has 1 aliphatic rings. The molecule has 0 atom stereocenters. The van der Waals surface area contributed by atoms with E-state index >= 15 is 0 Å². The summed E-state index contributed by atoms with van der Waals surface area (Å²) in [6, 6.07) is 18.9. The maximum Gasteiger partial charge on any atom is 0.254 e. The van der Waals surface area contributed by atoms with Crippen LogP contribution in [0, 0.1) is 0 Å². The van der Waals surface area contributed by atoms with E-state index in [1.807, 2.05) is 47.4 Å². The second-order valence-corrected chi connectivity index (χ2v) is 7.91. The molecule has 1 N–H and O–H groups in total. The number of rotatable bonds is 6. The zero-order valence-electron chi connectivity index (χ0n) is 16.7. The molecule has 1 aromatic heterocycles. The second kappa shape index (κ2) is 8.03. The summed E-state index contributed by atoms with van der Waals surface area (Å²) in [6.07, 6.45) is 2.06. The first-order chi connectivity index (χ1) is 14.0. The van der Waals surface area contributed by atoms with Gasteiger partial charge in [-0.1, -0.05) is 38.1 Å². The summed E-state index contributed by atoms with van der Waals surface area (Å²) in [5, 5.41) is 18.3. The maximum absolute atomic E-state index is 13.1. The van der Waals surface area contributed by atoms with Crippen LogP contribution < -0.4 is 0 Å². The third kappa shape index (κ3) is 4.45. The lowest BCUT2D eigenvalue weighted by Gasteiger charge is -2.23. The molecular formula is C24H25N3O2. The van der Waals surface area contributed by atoms with Gasteiger partial charge in [0.15, 0.2) is 0 Å². The van der Waals surface area contributed by atoms with Crippen molar-refractivity contribution in [2.24, 2.45) is 0 Å². The summed E-state index contributed by atoms with van der Waals surface area (Å²) < 4.78 is 0. The molecule has 1 saturated carbocycles. The molecule has 5 heteroatoms. The fourth-order valence-corrected chi connectivity index (χ4v) is 3.36. The molecule has 0 bridgehead atoms. The minimum absolute atomic E-state index is 0.0173. The molecule has 1 amide bonds. The lowest BCUT2D eigenvalue weighted by Crippen LogP contribution is -2.32. The topological polar surface area (TPSA) is 66.3 Å². The highest BCUT2D eigenvalue weighted by Crippen LogP contribution is 2.30. The van der Waals surface area contributed by atoms with Gasteiger partial charge in [0.1, 0.15) is 5.75 Å². The van der Waals surface area contributed by atoms with Gasteiger partial charge in [0.2, 0.25) is 0 Å². The van der Waals surface area contributed by atoms with Crippen molar-refractivity contribution in [2.75, 3.05) is 0 Å². The molecule has 4 rings (SSSR count). The molecule has 0 radical (unpaired) electrons. The van der Waals surface area contributed by atoms with E-state index in [0.29, 0.717) is 18.0 Å². The third-order valence-corrected chi connectivity index (χ3v) is 5.22. The standard InChI is InChI=1S/C24H25N3O2/c1-16(2)22-12-13-23(26-25-22)18-6-8-19(9-7-18)24(29)27(20-10-11-20)15-17-4-3-5-21(28)14-17/h3-9,12-14,16,20,28H,10-11,15H2,1-2H3. The number of aromatic hydroxyl groups is 1. The van der Waals surface area contributed by atoms with Crippen LogP contribution in [0.2, 0.25) is 0 Å². The summed E-state index contributed by atoms with van der Waals surface area (Å²) in [5.41, 5.74) is 4.30. The molecule has 29 heavy (non-hydrogen) atoms. The highest BCUT2D eigenvalue weighted by molar-refractivity contribution is 5.95. The molecule has 1 heterocycles. The first kappa shape index (κ1) is 19.1. The van der Waals surface area contributed by atoms with Gasteiger partial charge in [-0.05, 0) is 60.7 Å². The van der Waals surface area contributed by atoms with Gasteiger partial charge in [-0.15, -0.1) is 0 Å². The highest BCUT2D eigenvalue weighted by Gasteiger charge is 2.33. The predicted molar refractivity (Wildman–Crippen MR) is 113 cm³/mol. The van der Waals surface area contributed by atoms with Crippen molar-refractivity contribution in [3.63, 3.8) is 0 Å². The van der Waals surface area contributed by atoms with Crippen LogP contribution in [0.5, 0.6) is 5.75 Å². The average molecular weight is 387 g/mol. The highest BCUT2D eigenvalue weighted by atomic mass is 16.3. The number of phenolic OH excluding ortho intramolecular Hbond substituents is 1. The van der Waals surface area contributed by atoms with E-state index in [2.05, 4.69) is 24.0 Å². The van der Waals surface area contributed by atoms with E-state index in [4.69, 9.17) is 0 Å². The quantitative estimate of drug-likeness (QED) is 0.661. The van der Waals surface area contributed by atoms with Crippen LogP contribution >= 0.6 is 0 Å². The van der Waals surface area contributed by atoms with E-state index in [1.54, 1.807) is 18.2 Å². The molecule has 1 fully saturated rings. The van der Waals surface area contributed by atoms with Crippen molar-refractivity contribution in [1.29, 1.82) is 0 Å². The minimum Gasteiger partial charge on any atom is -0.508 e. The lowest BCUT2D eigenvalue weighted by atomic mass is 10.1. The molecule has 0 aliphatic heterocycles. The molecule has 5 nitrogen and oxygen atoms in total. The van der Waals surface area contributed by atoms with E-state index in [0.717, 1.165) is 35.4 Å². The van der Waals surface area contributed by atoms with Crippen molar-refractivity contribution in [3.05, 3.63) is 77.5 Å². The average Bonchev–Trinajstić information content (AvgIpc) is 3.57. The monoisotopic (exact) mass is 387 g/mol. The molecule has 1 aliphatic carbocycles. The van der Waals surface area contributed by atoms with Crippen LogP contribution in [-0.2, 0) is 6.54 Å². The number of carbonyl (C=O) groups excluding carboxylic acids is 1. The van der Waals surface area contributed by atoms with Gasteiger partial charge in [0.05, 0.1) is 11.4 Å². The normalized spacial score (nSPS) is 13.5. The SMILES string of the molecule is CC(C)c1ccc(-c2ccc(C(=O)N(Cc3cccc(O)c3)C3CC3)cc2)nn1. The zero-order valence-corrected chi connectivity index (χ0v) is 16.7. The van der Waals surface area contributed by atoms with E-state index in [1.165, 1.54) is 0 Å². The minimum atomic E-state index is 0.0173. The Labute approximate surface area is 171 Å². The number of aromatic nitrogens is 2. The van der Waals surface area contributed by atoms with Gasteiger partial charge in [0.25, 0.3) is 5.91 Å². The van der Waals surface area contributed by atoms with Crippen LogP contribution in [0.3, 0.4) is 0 Å². The lowest BCUT2D eigenvalue weighted by molar-refractivity contribution is 0.0729. The summed E-state index contributed by atoms with van der Waals surface area (Å²) >= 11 is 0. The van der Waals surface area contributed by atoms with Gasteiger partial charge < -0.3 is 10.0 Å². The van der Waals surface area contributed by atoms with Crippen LogP contribution in [0.15, 0.2) is 60.7 Å². The molecule has 0 unspecified atom stereocenters. The first-order valence-corrected chi connectivity index (χ1v) is 10.0. The Morgan fingerprint density at radius 2 is 1.83 bits per heavy atom. The van der Waals surface area contributed by atoms with Crippen molar-refractivity contribution in [3.8, 4) is 17.0 Å². The molecular weight excluding hydrogens is 362 g/mol. The van der Waals surface area contributed by atoms with Crippen LogP contribution in [0.1, 0.15) is 54.2 Å². The van der Waals surface area contributed by atoms with E-state index in [-0.39, 0.29) is 17.7 Å². The van der Waals surface area contributed by atoms with Gasteiger partial charge in [-0.25, -0.2) is 0 Å². The van der Waals surface area contributed by atoms with Crippen molar-refractivity contribution in [1.82, 2.24) is 15.1 Å². The largest absolute Gasteiger partial charge is 0.508 e. The van der Waals surface area contributed by atoms with Gasteiger partial charge >= 0.3 is 0 Å². The number of hydrogen-bond acceptors (Lipinski definition) is 4. The van der Waals surface area contributed by atoms with E-state index in [9.17, 15) is 9.90 Å². The predicted octanol–water partition coefficient (Wildman–Crippen LogP) is 4.78. The number of phenols is 1. The Kier molecular flexibility index (Phi) is 5.30. The number of nitrogens with zero attached hydrogens (tertiary/aromatic N) is 3. The Morgan fingerprint density at radius 1 is 1.07 bits per heavy atom. The van der Waals surface area contributed by atoms with Gasteiger partial charge in [-0.2, -0.15) is 10.2 Å².